The Morgan fingerprint density at radius 1 is 1.41 bits per heavy atom. The Labute approximate surface area is 139 Å². The van der Waals surface area contributed by atoms with E-state index in [1.54, 1.807) is 0 Å². The zero-order valence-electron chi connectivity index (χ0n) is 14.5. The van der Waals surface area contributed by atoms with Crippen LogP contribution in [0.15, 0.2) is 6.07 Å². The van der Waals surface area contributed by atoms with Crippen molar-refractivity contribution in [1.82, 2.24) is 20.0 Å². The van der Waals surface area contributed by atoms with Gasteiger partial charge in [-0.25, -0.2) is 0 Å². The van der Waals surface area contributed by atoms with Gasteiger partial charge in [-0.05, 0) is 39.7 Å². The summed E-state index contributed by atoms with van der Waals surface area (Å²) in [6.45, 7) is 15.2. The van der Waals surface area contributed by atoms with Gasteiger partial charge in [-0.2, -0.15) is 5.10 Å². The molecule has 6 heteroatoms. The summed E-state index contributed by atoms with van der Waals surface area (Å²) in [5, 5.41) is 7.93. The number of nitrogens with one attached hydrogen (secondary N) is 1. The standard InChI is InChI=1S/C16H28N4O.ClH/c1-11(2)14-9-13(18-20(14)16(4,5)6)15(21)19-8-7-17-10-12(19)3;/h9,11-12,17H,7-8,10H2,1-6H3;1H/t12-;/m0./s1. The van der Waals surface area contributed by atoms with Crippen molar-refractivity contribution in [2.24, 2.45) is 0 Å². The Hall–Kier alpha value is -1.07. The molecule has 1 N–H and O–H groups in total. The van der Waals surface area contributed by atoms with Gasteiger partial charge in [0.2, 0.25) is 0 Å². The topological polar surface area (TPSA) is 50.2 Å². The lowest BCUT2D eigenvalue weighted by atomic mass is 10.1. The molecule has 126 valence electrons. The van der Waals surface area contributed by atoms with Crippen LogP contribution < -0.4 is 5.32 Å². The van der Waals surface area contributed by atoms with Gasteiger partial charge in [-0.1, -0.05) is 13.8 Å². The highest BCUT2D eigenvalue weighted by atomic mass is 35.5. The normalized spacial score (nSPS) is 19.2. The molecule has 0 radical (unpaired) electrons. The van der Waals surface area contributed by atoms with Crippen LogP contribution in [0.1, 0.15) is 63.6 Å². The smallest absolute Gasteiger partial charge is 0.274 e. The molecule has 1 aromatic rings. The fourth-order valence-corrected chi connectivity index (χ4v) is 2.74. The van der Waals surface area contributed by atoms with Crippen molar-refractivity contribution in [2.75, 3.05) is 19.6 Å². The Bertz CT molecular complexity index is 519. The molecular formula is C16H29ClN4O. The first-order chi connectivity index (χ1) is 9.71. The van der Waals surface area contributed by atoms with Crippen molar-refractivity contribution >= 4 is 18.3 Å². The number of rotatable bonds is 2. The maximum atomic E-state index is 12.7. The molecule has 0 aromatic carbocycles. The van der Waals surface area contributed by atoms with Crippen LogP contribution in [0.5, 0.6) is 0 Å². The van der Waals surface area contributed by atoms with Crippen molar-refractivity contribution in [3.8, 4) is 0 Å². The van der Waals surface area contributed by atoms with E-state index in [1.807, 2.05) is 15.6 Å². The molecule has 0 aliphatic carbocycles. The first-order valence-corrected chi connectivity index (χ1v) is 7.84. The highest BCUT2D eigenvalue weighted by molar-refractivity contribution is 5.92. The van der Waals surface area contributed by atoms with Crippen LogP contribution in [-0.2, 0) is 5.54 Å². The van der Waals surface area contributed by atoms with E-state index in [1.165, 1.54) is 0 Å². The number of hydrogen-bond acceptors (Lipinski definition) is 3. The molecular weight excluding hydrogens is 300 g/mol. The van der Waals surface area contributed by atoms with Gasteiger partial charge in [0, 0.05) is 31.4 Å². The third kappa shape index (κ3) is 3.82. The maximum absolute atomic E-state index is 12.7. The van der Waals surface area contributed by atoms with Crippen LogP contribution in [0, 0.1) is 0 Å². The summed E-state index contributed by atoms with van der Waals surface area (Å²) in [5.74, 6) is 0.396. The summed E-state index contributed by atoms with van der Waals surface area (Å²) in [6, 6.07) is 2.18. The number of carbonyl (C=O) groups is 1. The highest BCUT2D eigenvalue weighted by Crippen LogP contribution is 2.24. The zero-order valence-corrected chi connectivity index (χ0v) is 15.3. The van der Waals surface area contributed by atoms with Crippen LogP contribution in [0.3, 0.4) is 0 Å². The highest BCUT2D eigenvalue weighted by Gasteiger charge is 2.29. The number of hydrogen-bond donors (Lipinski definition) is 1. The number of aromatic nitrogens is 2. The fourth-order valence-electron chi connectivity index (χ4n) is 2.74. The molecule has 5 nitrogen and oxygen atoms in total. The minimum atomic E-state index is -0.118. The van der Waals surface area contributed by atoms with Crippen molar-refractivity contribution in [3.63, 3.8) is 0 Å². The van der Waals surface area contributed by atoms with Crippen LogP contribution >= 0.6 is 12.4 Å². The van der Waals surface area contributed by atoms with Gasteiger partial charge in [0.05, 0.1) is 5.54 Å². The van der Waals surface area contributed by atoms with Gasteiger partial charge >= 0.3 is 0 Å². The third-order valence-electron chi connectivity index (χ3n) is 3.95. The average molecular weight is 329 g/mol. The summed E-state index contributed by atoms with van der Waals surface area (Å²) >= 11 is 0. The second-order valence-corrected chi connectivity index (χ2v) is 7.24. The minimum Gasteiger partial charge on any atom is -0.332 e. The molecule has 1 atom stereocenters. The predicted octanol–water partition coefficient (Wildman–Crippen LogP) is 2.62. The first-order valence-electron chi connectivity index (χ1n) is 7.84. The fraction of sp³-hybridized carbons (Fsp3) is 0.750. The molecule has 2 heterocycles. The molecule has 2 rings (SSSR count). The molecule has 0 saturated carbocycles. The second-order valence-electron chi connectivity index (χ2n) is 7.24. The van der Waals surface area contributed by atoms with Gasteiger partial charge < -0.3 is 10.2 Å². The van der Waals surface area contributed by atoms with Gasteiger partial charge in [0.1, 0.15) is 0 Å². The summed E-state index contributed by atoms with van der Waals surface area (Å²) in [7, 11) is 0. The Morgan fingerprint density at radius 3 is 2.50 bits per heavy atom. The largest absolute Gasteiger partial charge is 0.332 e. The van der Waals surface area contributed by atoms with E-state index in [0.717, 1.165) is 25.3 Å². The van der Waals surface area contributed by atoms with Crippen LogP contribution in [0.4, 0.5) is 0 Å². The number of amides is 1. The van der Waals surface area contributed by atoms with Crippen molar-refractivity contribution in [1.29, 1.82) is 0 Å². The van der Waals surface area contributed by atoms with Gasteiger partial charge in [-0.3, -0.25) is 9.48 Å². The van der Waals surface area contributed by atoms with Crippen molar-refractivity contribution in [2.45, 2.75) is 59.0 Å². The molecule has 0 spiro atoms. The van der Waals surface area contributed by atoms with E-state index in [9.17, 15) is 4.79 Å². The molecule has 1 aromatic heterocycles. The van der Waals surface area contributed by atoms with Gasteiger partial charge in [-0.15, -0.1) is 12.4 Å². The third-order valence-corrected chi connectivity index (χ3v) is 3.95. The Kier molecular flexibility index (Phi) is 6.04. The van der Waals surface area contributed by atoms with Crippen LogP contribution in [-0.4, -0.2) is 46.3 Å². The van der Waals surface area contributed by atoms with Crippen molar-refractivity contribution in [3.05, 3.63) is 17.5 Å². The summed E-state index contributed by atoms with van der Waals surface area (Å²) in [5.41, 5.74) is 1.57. The molecule has 22 heavy (non-hydrogen) atoms. The molecule has 1 amide bonds. The quantitative estimate of drug-likeness (QED) is 0.908. The number of halogens is 1. The van der Waals surface area contributed by atoms with Crippen molar-refractivity contribution < 1.29 is 4.79 Å². The lowest BCUT2D eigenvalue weighted by molar-refractivity contribution is 0.0648. The van der Waals surface area contributed by atoms with E-state index < -0.39 is 0 Å². The summed E-state index contributed by atoms with van der Waals surface area (Å²) in [6.07, 6.45) is 0. The molecule has 1 fully saturated rings. The number of piperazine rings is 1. The molecule has 1 aliphatic heterocycles. The number of nitrogens with zero attached hydrogens (tertiary/aromatic N) is 3. The molecule has 0 unspecified atom stereocenters. The molecule has 1 aliphatic rings. The molecule has 1 saturated heterocycles. The van der Waals surface area contributed by atoms with Gasteiger partial charge in [0.25, 0.3) is 5.91 Å². The van der Waals surface area contributed by atoms with Gasteiger partial charge in [0.15, 0.2) is 5.69 Å². The van der Waals surface area contributed by atoms with E-state index in [2.05, 4.69) is 52.0 Å². The predicted molar refractivity (Wildman–Crippen MR) is 91.9 cm³/mol. The first kappa shape index (κ1) is 19.0. The van der Waals surface area contributed by atoms with E-state index in [-0.39, 0.29) is 29.9 Å². The Balaban J connectivity index is 0.00000242. The SMILES string of the molecule is CC(C)c1cc(C(=O)N2CCNC[C@@H]2C)nn1C(C)(C)C.Cl. The maximum Gasteiger partial charge on any atom is 0.274 e. The van der Waals surface area contributed by atoms with E-state index in [0.29, 0.717) is 11.6 Å². The van der Waals surface area contributed by atoms with E-state index >= 15 is 0 Å². The zero-order chi connectivity index (χ0) is 15.8. The lowest BCUT2D eigenvalue weighted by Gasteiger charge is -2.33. The molecule has 0 bridgehead atoms. The van der Waals surface area contributed by atoms with Crippen LogP contribution in [0.2, 0.25) is 0 Å². The van der Waals surface area contributed by atoms with Crippen LogP contribution in [0.25, 0.3) is 0 Å². The minimum absolute atomic E-state index is 0. The summed E-state index contributed by atoms with van der Waals surface area (Å²) < 4.78 is 2.00. The lowest BCUT2D eigenvalue weighted by Crippen LogP contribution is -2.52. The number of carbonyl (C=O) groups excluding carboxylic acids is 1. The monoisotopic (exact) mass is 328 g/mol. The summed E-state index contributed by atoms with van der Waals surface area (Å²) in [4.78, 5) is 14.7. The van der Waals surface area contributed by atoms with E-state index in [4.69, 9.17) is 0 Å². The second kappa shape index (κ2) is 7.01. The Morgan fingerprint density at radius 2 is 2.05 bits per heavy atom. The average Bonchev–Trinajstić information content (AvgIpc) is 2.83.